The Morgan fingerprint density at radius 1 is 1.17 bits per heavy atom. The van der Waals surface area contributed by atoms with Crippen LogP contribution >= 0.6 is 27.3 Å². The van der Waals surface area contributed by atoms with E-state index in [-0.39, 0.29) is 0 Å². The largest absolute Gasteiger partial charge is 0.398 e. The Morgan fingerprint density at radius 2 is 1.92 bits per heavy atom. The molecule has 4 N–H and O–H groups in total. The third-order valence-electron chi connectivity index (χ3n) is 1.63. The molecule has 0 saturated heterocycles. The summed E-state index contributed by atoms with van der Waals surface area (Å²) in [6.45, 7) is 0. The highest BCUT2D eigenvalue weighted by molar-refractivity contribution is 9.10. The first kappa shape index (κ1) is 7.89. The summed E-state index contributed by atoms with van der Waals surface area (Å²) in [6, 6.07) is 5.83. The van der Waals surface area contributed by atoms with Crippen molar-refractivity contribution in [2.45, 2.75) is 0 Å². The van der Waals surface area contributed by atoms with E-state index in [4.69, 9.17) is 11.5 Å². The van der Waals surface area contributed by atoms with Gasteiger partial charge in [-0.05, 0) is 23.6 Å². The molecule has 0 unspecified atom stereocenters. The first-order chi connectivity index (χ1) is 5.66. The lowest BCUT2D eigenvalue weighted by Crippen LogP contribution is -1.83. The Bertz CT molecular complexity index is 436. The van der Waals surface area contributed by atoms with Crippen molar-refractivity contribution in [3.63, 3.8) is 0 Å². The maximum atomic E-state index is 5.80. The first-order valence-electron chi connectivity index (χ1n) is 3.41. The van der Waals surface area contributed by atoms with Gasteiger partial charge in [0.15, 0.2) is 0 Å². The van der Waals surface area contributed by atoms with Gasteiger partial charge in [0.2, 0.25) is 0 Å². The highest BCUT2D eigenvalue weighted by Gasteiger charge is 2.03. The highest BCUT2D eigenvalue weighted by atomic mass is 79.9. The summed E-state index contributed by atoms with van der Waals surface area (Å²) < 4.78 is 2.06. The zero-order valence-corrected chi connectivity index (χ0v) is 8.58. The lowest BCUT2D eigenvalue weighted by atomic mass is 10.2. The number of nitrogen functional groups attached to an aromatic ring is 2. The standard InChI is InChI=1S/C8H7BrN2S/c9-5-1-4-2-7(11)12-8(4)6(10)3-5/h1-3H,10-11H2. The molecule has 0 bridgehead atoms. The monoisotopic (exact) mass is 242 g/mol. The number of halogens is 1. The number of rotatable bonds is 0. The van der Waals surface area contributed by atoms with E-state index < -0.39 is 0 Å². The minimum Gasteiger partial charge on any atom is -0.398 e. The van der Waals surface area contributed by atoms with Crippen LogP contribution in [0.15, 0.2) is 22.7 Å². The average Bonchev–Trinajstić information content (AvgIpc) is 2.29. The molecule has 2 rings (SSSR count). The van der Waals surface area contributed by atoms with Crippen LogP contribution in [-0.4, -0.2) is 0 Å². The van der Waals surface area contributed by atoms with E-state index in [1.165, 1.54) is 11.3 Å². The molecule has 0 aliphatic carbocycles. The second kappa shape index (κ2) is 2.64. The lowest BCUT2D eigenvalue weighted by molar-refractivity contribution is 1.74. The molecule has 0 aliphatic rings. The zero-order chi connectivity index (χ0) is 8.72. The van der Waals surface area contributed by atoms with Gasteiger partial charge in [-0.15, -0.1) is 11.3 Å². The fourth-order valence-corrected chi connectivity index (χ4v) is 2.49. The predicted octanol–water partition coefficient (Wildman–Crippen LogP) is 2.83. The minimum absolute atomic E-state index is 0.779. The van der Waals surface area contributed by atoms with Crippen LogP contribution in [0.4, 0.5) is 10.7 Å². The van der Waals surface area contributed by atoms with Crippen LogP contribution in [0.25, 0.3) is 10.1 Å². The van der Waals surface area contributed by atoms with Crippen LogP contribution in [0.1, 0.15) is 0 Å². The smallest absolute Gasteiger partial charge is 0.0869 e. The number of benzene rings is 1. The van der Waals surface area contributed by atoms with E-state index in [0.29, 0.717) is 0 Å². The normalized spacial score (nSPS) is 10.8. The predicted molar refractivity (Wildman–Crippen MR) is 58.3 cm³/mol. The number of anilines is 2. The van der Waals surface area contributed by atoms with E-state index >= 15 is 0 Å². The maximum absolute atomic E-state index is 5.80. The number of hydrogen-bond acceptors (Lipinski definition) is 3. The van der Waals surface area contributed by atoms with Gasteiger partial charge >= 0.3 is 0 Å². The quantitative estimate of drug-likeness (QED) is 0.699. The molecule has 12 heavy (non-hydrogen) atoms. The van der Waals surface area contributed by atoms with Gasteiger partial charge in [0.25, 0.3) is 0 Å². The zero-order valence-electron chi connectivity index (χ0n) is 6.17. The van der Waals surface area contributed by atoms with E-state index in [1.807, 2.05) is 18.2 Å². The molecule has 0 radical (unpaired) electrons. The van der Waals surface area contributed by atoms with Crippen LogP contribution in [-0.2, 0) is 0 Å². The van der Waals surface area contributed by atoms with E-state index in [1.54, 1.807) is 0 Å². The molecule has 1 aromatic heterocycles. The Kier molecular flexibility index (Phi) is 1.73. The van der Waals surface area contributed by atoms with Crippen LogP contribution in [0, 0.1) is 0 Å². The van der Waals surface area contributed by atoms with Gasteiger partial charge in [0.1, 0.15) is 0 Å². The Balaban J connectivity index is 2.88. The Morgan fingerprint density at radius 3 is 2.67 bits per heavy atom. The number of nitrogens with two attached hydrogens (primary N) is 2. The van der Waals surface area contributed by atoms with Crippen LogP contribution < -0.4 is 11.5 Å². The van der Waals surface area contributed by atoms with E-state index in [9.17, 15) is 0 Å². The van der Waals surface area contributed by atoms with Crippen molar-refractivity contribution in [3.8, 4) is 0 Å². The molecule has 0 fully saturated rings. The molecule has 62 valence electrons. The number of fused-ring (bicyclic) bond motifs is 1. The minimum atomic E-state index is 0.779. The summed E-state index contributed by atoms with van der Waals surface area (Å²) in [7, 11) is 0. The second-order valence-electron chi connectivity index (χ2n) is 2.56. The molecule has 1 heterocycles. The summed E-state index contributed by atoms with van der Waals surface area (Å²) in [4.78, 5) is 0. The molecular weight excluding hydrogens is 236 g/mol. The van der Waals surface area contributed by atoms with Gasteiger partial charge in [0, 0.05) is 4.47 Å². The van der Waals surface area contributed by atoms with Crippen LogP contribution in [0.5, 0.6) is 0 Å². The third kappa shape index (κ3) is 1.17. The summed E-state index contributed by atoms with van der Waals surface area (Å²) in [5, 5.41) is 1.90. The molecule has 2 nitrogen and oxygen atoms in total. The van der Waals surface area contributed by atoms with Crippen molar-refractivity contribution < 1.29 is 0 Å². The SMILES string of the molecule is Nc1cc2cc(Br)cc(N)c2s1. The third-order valence-corrected chi connectivity index (χ3v) is 3.12. The molecule has 2 aromatic rings. The van der Waals surface area contributed by atoms with Crippen molar-refractivity contribution in [2.75, 3.05) is 11.5 Å². The van der Waals surface area contributed by atoms with Crippen molar-refractivity contribution in [1.82, 2.24) is 0 Å². The molecule has 1 aromatic carbocycles. The summed E-state index contributed by atoms with van der Waals surface area (Å²) in [5.41, 5.74) is 12.2. The van der Waals surface area contributed by atoms with Gasteiger partial charge in [-0.2, -0.15) is 0 Å². The highest BCUT2D eigenvalue weighted by Crippen LogP contribution is 2.34. The van der Waals surface area contributed by atoms with Gasteiger partial charge in [-0.3, -0.25) is 0 Å². The van der Waals surface area contributed by atoms with Crippen molar-refractivity contribution >= 4 is 48.0 Å². The molecule has 4 heteroatoms. The molecule has 0 aliphatic heterocycles. The van der Waals surface area contributed by atoms with E-state index in [2.05, 4.69) is 15.9 Å². The lowest BCUT2D eigenvalue weighted by Gasteiger charge is -1.95. The van der Waals surface area contributed by atoms with Crippen LogP contribution in [0.2, 0.25) is 0 Å². The molecule has 0 saturated carbocycles. The van der Waals surface area contributed by atoms with Gasteiger partial charge < -0.3 is 11.5 Å². The molecule has 0 amide bonds. The van der Waals surface area contributed by atoms with Gasteiger partial charge in [-0.25, -0.2) is 0 Å². The molecule has 0 atom stereocenters. The molecule has 0 spiro atoms. The van der Waals surface area contributed by atoms with Crippen LogP contribution in [0.3, 0.4) is 0 Å². The van der Waals surface area contributed by atoms with Crippen molar-refractivity contribution in [3.05, 3.63) is 22.7 Å². The van der Waals surface area contributed by atoms with Gasteiger partial charge in [0.05, 0.1) is 15.4 Å². The summed E-state index contributed by atoms with van der Waals surface area (Å²) in [5.74, 6) is 0. The summed E-state index contributed by atoms with van der Waals surface area (Å²) >= 11 is 4.90. The fraction of sp³-hybridized carbons (Fsp3) is 0. The Labute approximate surface area is 82.3 Å². The van der Waals surface area contributed by atoms with Crippen molar-refractivity contribution in [1.29, 1.82) is 0 Å². The summed E-state index contributed by atoms with van der Waals surface area (Å²) in [6.07, 6.45) is 0. The number of hydrogen-bond donors (Lipinski definition) is 2. The van der Waals surface area contributed by atoms with Gasteiger partial charge in [-0.1, -0.05) is 15.9 Å². The van der Waals surface area contributed by atoms with E-state index in [0.717, 1.165) is 25.2 Å². The fourth-order valence-electron chi connectivity index (χ4n) is 1.16. The van der Waals surface area contributed by atoms with Crippen molar-refractivity contribution in [2.24, 2.45) is 0 Å². The number of thiophene rings is 1. The molecular formula is C8H7BrN2S. The first-order valence-corrected chi connectivity index (χ1v) is 5.02. The maximum Gasteiger partial charge on any atom is 0.0869 e. The Hall–Kier alpha value is -0.740. The topological polar surface area (TPSA) is 52.0 Å². The second-order valence-corrected chi connectivity index (χ2v) is 4.56. The average molecular weight is 243 g/mol.